The van der Waals surface area contributed by atoms with E-state index >= 15 is 0 Å². The van der Waals surface area contributed by atoms with Crippen LogP contribution in [0.25, 0.3) is 33.3 Å². The van der Waals surface area contributed by atoms with Crippen LogP contribution in [0.2, 0.25) is 0 Å². The first-order valence-electron chi connectivity index (χ1n) is 8.53. The number of ether oxygens (including phenoxy) is 1. The molecule has 0 bridgehead atoms. The first kappa shape index (κ1) is 18.0. The Labute approximate surface area is 159 Å². The van der Waals surface area contributed by atoms with Gasteiger partial charge >= 0.3 is 0 Å². The minimum absolute atomic E-state index is 0. The standard InChI is InChI=1S/C23H19NO.ClH/c1-2-25-19-14-12-18(13-15-19)23-16-21(17-8-4-3-5-9-17)20-10-6-7-11-22(20)24-23;/h3-16H,2H2,1H3;1H. The second-order valence-electron chi connectivity index (χ2n) is 5.90. The summed E-state index contributed by atoms with van der Waals surface area (Å²) < 4.78 is 5.54. The monoisotopic (exact) mass is 361 g/mol. The Morgan fingerprint density at radius 1 is 0.769 bits per heavy atom. The van der Waals surface area contributed by atoms with Crippen molar-refractivity contribution in [1.82, 2.24) is 4.98 Å². The lowest BCUT2D eigenvalue weighted by Gasteiger charge is -2.11. The average Bonchev–Trinajstić information content (AvgIpc) is 2.69. The topological polar surface area (TPSA) is 22.1 Å². The van der Waals surface area contributed by atoms with E-state index in [0.717, 1.165) is 22.5 Å². The Morgan fingerprint density at radius 2 is 1.46 bits per heavy atom. The molecule has 0 saturated carbocycles. The minimum Gasteiger partial charge on any atom is -0.494 e. The maximum absolute atomic E-state index is 5.54. The van der Waals surface area contributed by atoms with Gasteiger partial charge in [-0.3, -0.25) is 0 Å². The zero-order valence-corrected chi connectivity index (χ0v) is 15.4. The molecule has 4 aromatic rings. The maximum atomic E-state index is 5.54. The fourth-order valence-electron chi connectivity index (χ4n) is 3.07. The van der Waals surface area contributed by atoms with E-state index < -0.39 is 0 Å². The molecule has 0 saturated heterocycles. The first-order chi connectivity index (χ1) is 12.3. The van der Waals surface area contributed by atoms with Crippen molar-refractivity contribution in [2.75, 3.05) is 6.61 Å². The second-order valence-corrected chi connectivity index (χ2v) is 5.90. The van der Waals surface area contributed by atoms with E-state index in [1.165, 1.54) is 16.5 Å². The summed E-state index contributed by atoms with van der Waals surface area (Å²) in [5.41, 5.74) is 5.48. The van der Waals surface area contributed by atoms with Crippen molar-refractivity contribution in [3.05, 3.63) is 84.9 Å². The molecular formula is C23H20ClNO. The summed E-state index contributed by atoms with van der Waals surface area (Å²) in [6.45, 7) is 2.66. The summed E-state index contributed by atoms with van der Waals surface area (Å²) in [7, 11) is 0. The summed E-state index contributed by atoms with van der Waals surface area (Å²) in [5.74, 6) is 0.885. The Bertz CT molecular complexity index is 998. The van der Waals surface area contributed by atoms with E-state index in [0.29, 0.717) is 6.61 Å². The van der Waals surface area contributed by atoms with Gasteiger partial charge in [-0.05, 0) is 54.4 Å². The molecule has 1 heterocycles. The Hall–Kier alpha value is -2.84. The van der Waals surface area contributed by atoms with Crippen LogP contribution in [0.15, 0.2) is 84.9 Å². The van der Waals surface area contributed by atoms with Crippen molar-refractivity contribution in [3.8, 4) is 28.1 Å². The molecule has 1 aromatic heterocycles. The third-order valence-corrected chi connectivity index (χ3v) is 4.26. The number of benzene rings is 3. The molecule has 0 unspecified atom stereocenters. The molecule has 0 fully saturated rings. The van der Waals surface area contributed by atoms with Crippen LogP contribution in [0.5, 0.6) is 5.75 Å². The van der Waals surface area contributed by atoms with Crippen molar-refractivity contribution < 1.29 is 4.74 Å². The van der Waals surface area contributed by atoms with Crippen LogP contribution in [0, 0.1) is 0 Å². The van der Waals surface area contributed by atoms with E-state index in [-0.39, 0.29) is 12.4 Å². The zero-order chi connectivity index (χ0) is 17.1. The summed E-state index contributed by atoms with van der Waals surface area (Å²) in [6, 6.07) is 29.1. The van der Waals surface area contributed by atoms with Crippen molar-refractivity contribution in [1.29, 1.82) is 0 Å². The van der Waals surface area contributed by atoms with E-state index in [2.05, 4.69) is 60.7 Å². The van der Waals surface area contributed by atoms with Gasteiger partial charge in [0.15, 0.2) is 0 Å². The molecule has 0 aliphatic heterocycles. The van der Waals surface area contributed by atoms with Gasteiger partial charge in [0.1, 0.15) is 5.75 Å². The highest BCUT2D eigenvalue weighted by atomic mass is 35.5. The number of pyridine rings is 1. The molecule has 0 spiro atoms. The number of hydrogen-bond donors (Lipinski definition) is 0. The molecule has 130 valence electrons. The fourth-order valence-corrected chi connectivity index (χ4v) is 3.07. The number of para-hydroxylation sites is 1. The van der Waals surface area contributed by atoms with Gasteiger partial charge in [-0.15, -0.1) is 12.4 Å². The lowest BCUT2D eigenvalue weighted by molar-refractivity contribution is 0.340. The third kappa shape index (κ3) is 3.56. The molecule has 0 aliphatic rings. The van der Waals surface area contributed by atoms with Crippen molar-refractivity contribution in [3.63, 3.8) is 0 Å². The molecule has 0 amide bonds. The Morgan fingerprint density at radius 3 is 2.19 bits per heavy atom. The number of halogens is 1. The number of hydrogen-bond acceptors (Lipinski definition) is 2. The van der Waals surface area contributed by atoms with Gasteiger partial charge in [0, 0.05) is 10.9 Å². The van der Waals surface area contributed by atoms with Gasteiger partial charge in [-0.2, -0.15) is 0 Å². The quantitative estimate of drug-likeness (QED) is 0.420. The van der Waals surface area contributed by atoms with Crippen LogP contribution < -0.4 is 4.74 Å². The second kappa shape index (κ2) is 8.03. The van der Waals surface area contributed by atoms with Crippen molar-refractivity contribution >= 4 is 23.3 Å². The average molecular weight is 362 g/mol. The molecule has 26 heavy (non-hydrogen) atoms. The van der Waals surface area contributed by atoms with Gasteiger partial charge in [-0.1, -0.05) is 48.5 Å². The van der Waals surface area contributed by atoms with Gasteiger partial charge in [0.05, 0.1) is 17.8 Å². The van der Waals surface area contributed by atoms with Crippen LogP contribution in [0.4, 0.5) is 0 Å². The summed E-state index contributed by atoms with van der Waals surface area (Å²) in [4.78, 5) is 4.87. The number of rotatable bonds is 4. The van der Waals surface area contributed by atoms with E-state index in [1.807, 2.05) is 31.2 Å². The largest absolute Gasteiger partial charge is 0.494 e. The molecule has 2 nitrogen and oxygen atoms in total. The van der Waals surface area contributed by atoms with Crippen LogP contribution in [0.3, 0.4) is 0 Å². The number of nitrogens with zero attached hydrogens (tertiary/aromatic N) is 1. The van der Waals surface area contributed by atoms with Crippen LogP contribution in [-0.2, 0) is 0 Å². The normalized spacial score (nSPS) is 10.3. The van der Waals surface area contributed by atoms with Crippen LogP contribution >= 0.6 is 12.4 Å². The number of fused-ring (bicyclic) bond motifs is 1. The van der Waals surface area contributed by atoms with Crippen molar-refractivity contribution in [2.24, 2.45) is 0 Å². The van der Waals surface area contributed by atoms with Crippen LogP contribution in [-0.4, -0.2) is 11.6 Å². The molecule has 3 heteroatoms. The van der Waals surface area contributed by atoms with Gasteiger partial charge < -0.3 is 4.74 Å². The number of aromatic nitrogens is 1. The third-order valence-electron chi connectivity index (χ3n) is 4.26. The van der Waals surface area contributed by atoms with E-state index in [1.54, 1.807) is 0 Å². The lowest BCUT2D eigenvalue weighted by Crippen LogP contribution is -1.92. The SMILES string of the molecule is CCOc1ccc(-c2cc(-c3ccccc3)c3ccccc3n2)cc1.Cl. The zero-order valence-electron chi connectivity index (χ0n) is 14.6. The van der Waals surface area contributed by atoms with Gasteiger partial charge in [0.2, 0.25) is 0 Å². The van der Waals surface area contributed by atoms with Crippen molar-refractivity contribution in [2.45, 2.75) is 6.92 Å². The minimum atomic E-state index is 0. The fraction of sp³-hybridized carbons (Fsp3) is 0.0870. The lowest BCUT2D eigenvalue weighted by atomic mass is 9.98. The molecule has 4 rings (SSSR count). The molecule has 0 radical (unpaired) electrons. The molecule has 0 aliphatic carbocycles. The Kier molecular flexibility index (Phi) is 5.55. The molecule has 0 atom stereocenters. The van der Waals surface area contributed by atoms with Crippen LogP contribution in [0.1, 0.15) is 6.92 Å². The summed E-state index contributed by atoms with van der Waals surface area (Å²) in [6.07, 6.45) is 0. The van der Waals surface area contributed by atoms with E-state index in [9.17, 15) is 0 Å². The Balaban J connectivity index is 0.00000196. The summed E-state index contributed by atoms with van der Waals surface area (Å²) >= 11 is 0. The smallest absolute Gasteiger partial charge is 0.119 e. The predicted octanol–water partition coefficient (Wildman–Crippen LogP) is 6.39. The first-order valence-corrected chi connectivity index (χ1v) is 8.53. The maximum Gasteiger partial charge on any atom is 0.119 e. The molecular weight excluding hydrogens is 342 g/mol. The molecule has 0 N–H and O–H groups in total. The highest BCUT2D eigenvalue weighted by Gasteiger charge is 2.09. The van der Waals surface area contributed by atoms with E-state index in [4.69, 9.17) is 9.72 Å². The van der Waals surface area contributed by atoms with Gasteiger partial charge in [0.25, 0.3) is 0 Å². The highest BCUT2D eigenvalue weighted by molar-refractivity contribution is 5.96. The molecule has 3 aromatic carbocycles. The summed E-state index contributed by atoms with van der Waals surface area (Å²) in [5, 5.41) is 1.17. The predicted molar refractivity (Wildman–Crippen MR) is 111 cm³/mol. The highest BCUT2D eigenvalue weighted by Crippen LogP contribution is 2.32. The van der Waals surface area contributed by atoms with Gasteiger partial charge in [-0.25, -0.2) is 4.98 Å².